The number of likely N-dealkylation sites (N-methyl/N-ethyl adjacent to an activating group) is 1. The predicted octanol–water partition coefficient (Wildman–Crippen LogP) is 5.64. The van der Waals surface area contributed by atoms with E-state index < -0.39 is 65.9 Å². The van der Waals surface area contributed by atoms with Crippen LogP contribution in [0.15, 0.2) is 103 Å². The minimum absolute atomic E-state index is 0.000197. The number of aromatic nitrogens is 2. The van der Waals surface area contributed by atoms with E-state index in [1.165, 1.54) is 59.5 Å². The van der Waals surface area contributed by atoms with Crippen LogP contribution in [0.5, 0.6) is 11.5 Å². The SMILES string of the molecule is Cc1cccc2c(OC(=O)N(CCOCCO)CCN(C)C(=O)OCc3ccc(NC(=O)[C@H](CCCNC(N)=O)NC(=O)[C@@H](NC(=O)OCCOCCOCCOCCN4C(=O)C=CC4=O)C(C)C)cc3)cc3c(c12)[C@H](CCl)CN3C(=O)c1cc2cc(NC(=O)c3ccc(O)cc3)ncc2[nH]1. The van der Waals surface area contributed by atoms with Gasteiger partial charge >= 0.3 is 24.3 Å². The summed E-state index contributed by atoms with van der Waals surface area (Å²) in [4.78, 5) is 143. The number of carbonyl (C=O) groups is 10. The molecule has 32 heteroatoms. The van der Waals surface area contributed by atoms with Crippen LogP contribution in [0.4, 0.5) is 36.4 Å². The molecule has 101 heavy (non-hydrogen) atoms. The molecule has 31 nitrogen and oxygen atoms in total. The van der Waals surface area contributed by atoms with E-state index in [0.29, 0.717) is 38.8 Å². The van der Waals surface area contributed by atoms with E-state index in [-0.39, 0.29) is 171 Å². The molecule has 2 aromatic heterocycles. The number of halogens is 1. The molecule has 0 radical (unpaired) electrons. The number of hydrogen-bond donors (Lipinski definition) is 9. The van der Waals surface area contributed by atoms with Crippen molar-refractivity contribution in [3.63, 3.8) is 0 Å². The minimum atomic E-state index is -1.15. The molecule has 4 aromatic carbocycles. The summed E-state index contributed by atoms with van der Waals surface area (Å²) < 4.78 is 38.9. The molecule has 0 fully saturated rings. The summed E-state index contributed by atoms with van der Waals surface area (Å²) in [7, 11) is 1.49. The lowest BCUT2D eigenvalue weighted by molar-refractivity contribution is -0.137. The maximum Gasteiger partial charge on any atom is 0.415 e. The number of nitrogens with one attached hydrogen (secondary N) is 6. The lowest BCUT2D eigenvalue weighted by atomic mass is 9.92. The number of aliphatic hydroxyl groups excluding tert-OH is 1. The molecular formula is C69H83ClN12O19. The third-order valence-electron chi connectivity index (χ3n) is 16.2. The summed E-state index contributed by atoms with van der Waals surface area (Å²) in [5.74, 6) is -3.14. The van der Waals surface area contributed by atoms with Gasteiger partial charge in [-0.25, -0.2) is 24.2 Å². The Labute approximate surface area is 586 Å². The highest BCUT2D eigenvalue weighted by Crippen LogP contribution is 2.47. The average Bonchev–Trinajstić information content (AvgIpc) is 1.62. The first kappa shape index (κ1) is 76.3. The number of fused-ring (bicyclic) bond motifs is 4. The number of nitrogens with two attached hydrogens (primary N) is 1. The first-order valence-corrected chi connectivity index (χ1v) is 33.2. The Morgan fingerprint density at radius 2 is 1.48 bits per heavy atom. The van der Waals surface area contributed by atoms with Crippen molar-refractivity contribution in [2.45, 2.75) is 58.2 Å². The molecule has 2 aliphatic rings. The fourth-order valence-electron chi connectivity index (χ4n) is 10.9. The molecule has 4 heterocycles. The number of anilines is 3. The fourth-order valence-corrected chi connectivity index (χ4v) is 11.1. The zero-order valence-corrected chi connectivity index (χ0v) is 57.0. The number of carbonyl (C=O) groups excluding carboxylic acids is 10. The van der Waals surface area contributed by atoms with Gasteiger partial charge < -0.3 is 95.4 Å². The van der Waals surface area contributed by atoms with Crippen molar-refractivity contribution < 1.29 is 91.3 Å². The summed E-state index contributed by atoms with van der Waals surface area (Å²) in [6.45, 7) is 6.06. The maximum atomic E-state index is 14.6. The van der Waals surface area contributed by atoms with Gasteiger partial charge in [0.15, 0.2) is 0 Å². The van der Waals surface area contributed by atoms with Crippen LogP contribution in [-0.2, 0) is 54.2 Å². The summed E-state index contributed by atoms with van der Waals surface area (Å²) in [6.07, 6.45) is 1.73. The number of imide groups is 1. The standard InChI is InChI=1S/C69H83ClN12O19/c1-42(2)61(78-67(92)99-34-33-98-32-31-97-30-29-96-27-24-81-57(85)18-19-58(81)86)64(89)76-51(9-6-20-72-66(71)91)63(88)74-48-14-10-44(11-15-48)41-100-68(93)79(4)21-22-80(23-26-95-28-25-83)69(94)101-55-37-54-60(59-43(3)7-5-8-50(55)59)47(38-70)40-82(54)65(90)52-35-46-36-56(73-39-53(46)75-52)77-62(87)45-12-16-49(84)17-13-45/h5,7-8,10-19,35-37,39,42,47,51,61,75,83-84H,6,9,20-34,38,40-41H2,1-4H3,(H,74,88)(H,76,89)(H,78,92)(H3,71,72,91)(H,73,77,87)/t47-,51+,61+/m1/s1. The Hall–Kier alpha value is -10.4. The fraction of sp³-hybridized carbons (Fsp3) is 0.406. The van der Waals surface area contributed by atoms with Crippen LogP contribution in [0.25, 0.3) is 21.7 Å². The number of aromatic hydroxyl groups is 1. The van der Waals surface area contributed by atoms with Crippen molar-refractivity contribution in [2.75, 3.05) is 134 Å². The maximum absolute atomic E-state index is 14.6. The number of aromatic amines is 1. The second-order valence-corrected chi connectivity index (χ2v) is 24.1. The molecule has 0 spiro atoms. The first-order valence-electron chi connectivity index (χ1n) is 32.6. The number of nitrogens with zero attached hydrogens (tertiary/aromatic N) is 5. The van der Waals surface area contributed by atoms with E-state index in [1.54, 1.807) is 61.2 Å². The number of pyridine rings is 1. The number of primary amides is 1. The molecule has 0 unspecified atom stereocenters. The number of ether oxygens (including phenoxy) is 7. The van der Waals surface area contributed by atoms with E-state index >= 15 is 0 Å². The molecule has 0 saturated carbocycles. The van der Waals surface area contributed by atoms with Gasteiger partial charge in [-0.15, -0.1) is 11.6 Å². The number of urea groups is 1. The number of benzene rings is 4. The minimum Gasteiger partial charge on any atom is -0.508 e. The van der Waals surface area contributed by atoms with Gasteiger partial charge in [0.1, 0.15) is 48.3 Å². The highest BCUT2D eigenvalue weighted by atomic mass is 35.5. The lowest BCUT2D eigenvalue weighted by Crippen LogP contribution is -2.54. The number of alkyl halides is 1. The van der Waals surface area contributed by atoms with Crippen molar-refractivity contribution >= 4 is 110 Å². The smallest absolute Gasteiger partial charge is 0.415 e. The lowest BCUT2D eigenvalue weighted by Gasteiger charge is -2.26. The van der Waals surface area contributed by atoms with E-state index in [9.17, 15) is 58.2 Å². The third-order valence-corrected chi connectivity index (χ3v) is 16.6. The molecule has 0 aliphatic carbocycles. The zero-order valence-electron chi connectivity index (χ0n) is 56.3. The highest BCUT2D eigenvalue weighted by Gasteiger charge is 2.37. The number of phenolic OH excluding ortho intramolecular Hbond substituents is 1. The summed E-state index contributed by atoms with van der Waals surface area (Å²) in [6, 6.07) is 19.5. The molecule has 2 aliphatic heterocycles. The van der Waals surface area contributed by atoms with Crippen LogP contribution in [0.3, 0.4) is 0 Å². The van der Waals surface area contributed by atoms with Crippen molar-refractivity contribution in [3.05, 3.63) is 131 Å². The number of aliphatic hydroxyl groups is 1. The van der Waals surface area contributed by atoms with Gasteiger partial charge in [-0.1, -0.05) is 44.2 Å². The van der Waals surface area contributed by atoms with Crippen LogP contribution < -0.4 is 42.0 Å². The van der Waals surface area contributed by atoms with Gasteiger partial charge in [-0.2, -0.15) is 0 Å². The van der Waals surface area contributed by atoms with Gasteiger partial charge in [-0.05, 0) is 96.3 Å². The molecule has 0 saturated heterocycles. The molecular weight excluding hydrogens is 1340 g/mol. The predicted molar refractivity (Wildman–Crippen MR) is 370 cm³/mol. The summed E-state index contributed by atoms with van der Waals surface area (Å²) in [5.41, 5.74) is 9.26. The van der Waals surface area contributed by atoms with E-state index in [4.69, 9.17) is 50.5 Å². The van der Waals surface area contributed by atoms with Crippen LogP contribution in [0.2, 0.25) is 0 Å². The zero-order chi connectivity index (χ0) is 72.5. The van der Waals surface area contributed by atoms with Gasteiger partial charge in [-0.3, -0.25) is 33.7 Å². The molecule has 10 N–H and O–H groups in total. The second kappa shape index (κ2) is 37.7. The average molecular weight is 1420 g/mol. The van der Waals surface area contributed by atoms with Gasteiger partial charge in [0, 0.05) is 91.8 Å². The highest BCUT2D eigenvalue weighted by molar-refractivity contribution is 6.20. The molecule has 3 atom stereocenters. The Kier molecular flexibility index (Phi) is 28.5. The topological polar surface area (TPSA) is 404 Å². The van der Waals surface area contributed by atoms with Gasteiger partial charge in [0.2, 0.25) is 11.8 Å². The number of hydrogen-bond acceptors (Lipinski definition) is 20. The van der Waals surface area contributed by atoms with E-state index in [1.807, 2.05) is 25.1 Å². The Morgan fingerprint density at radius 1 is 0.782 bits per heavy atom. The van der Waals surface area contributed by atoms with Crippen LogP contribution in [0.1, 0.15) is 70.1 Å². The molecule has 540 valence electrons. The largest absolute Gasteiger partial charge is 0.508 e. The van der Waals surface area contributed by atoms with Crippen molar-refractivity contribution in [1.82, 2.24) is 40.6 Å². The number of amides is 11. The quantitative estimate of drug-likeness (QED) is 0.0129. The van der Waals surface area contributed by atoms with Crippen LogP contribution in [-0.4, -0.2) is 225 Å². The van der Waals surface area contributed by atoms with Crippen molar-refractivity contribution in [2.24, 2.45) is 11.7 Å². The monoisotopic (exact) mass is 1420 g/mol. The molecule has 11 amide bonds. The first-order chi connectivity index (χ1) is 48.6. The summed E-state index contributed by atoms with van der Waals surface area (Å²) in [5, 5.41) is 34.2. The van der Waals surface area contributed by atoms with Gasteiger partial charge in [0.25, 0.3) is 23.6 Å². The van der Waals surface area contributed by atoms with Crippen molar-refractivity contribution in [3.8, 4) is 11.5 Å². The van der Waals surface area contributed by atoms with Crippen molar-refractivity contribution in [1.29, 1.82) is 0 Å². The number of H-pyrrole nitrogens is 1. The number of aryl methyl sites for hydroxylation is 1. The molecule has 6 aromatic rings. The Morgan fingerprint density at radius 3 is 2.16 bits per heavy atom. The van der Waals surface area contributed by atoms with E-state index in [0.717, 1.165) is 21.4 Å². The van der Waals surface area contributed by atoms with Gasteiger partial charge in [0.05, 0.1) is 83.4 Å². The normalized spacial score (nSPS) is 13.8. The van der Waals surface area contributed by atoms with Crippen LogP contribution in [0, 0.1) is 12.8 Å². The molecule has 0 bridgehead atoms. The Balaban J connectivity index is 0.826. The van der Waals surface area contributed by atoms with E-state index in [2.05, 4.69) is 36.6 Å². The summed E-state index contributed by atoms with van der Waals surface area (Å²) >= 11 is 6.66. The molecule has 8 rings (SSSR count). The van der Waals surface area contributed by atoms with Crippen LogP contribution >= 0.6 is 11.6 Å². The number of rotatable bonds is 37. The number of phenols is 1. The Bertz CT molecular complexity index is 3930. The number of alkyl carbamates (subject to hydrolysis) is 1. The third kappa shape index (κ3) is 21.8. The second-order valence-electron chi connectivity index (χ2n) is 23.8.